The fraction of sp³-hybridized carbons (Fsp3) is 0.471. The van der Waals surface area contributed by atoms with Crippen molar-refractivity contribution in [2.75, 3.05) is 19.0 Å². The molecule has 112 valence electrons. The summed E-state index contributed by atoms with van der Waals surface area (Å²) in [6.07, 6.45) is 3.45. The molecule has 21 heavy (non-hydrogen) atoms. The van der Waals surface area contributed by atoms with Gasteiger partial charge < -0.3 is 15.8 Å². The molecule has 1 aliphatic rings. The maximum absolute atomic E-state index is 12.1. The highest BCUT2D eigenvalue weighted by atomic mass is 16.5. The van der Waals surface area contributed by atoms with E-state index in [2.05, 4.69) is 17.2 Å². The fourth-order valence-electron chi connectivity index (χ4n) is 2.50. The van der Waals surface area contributed by atoms with Crippen molar-refractivity contribution in [2.45, 2.75) is 38.2 Å². The number of rotatable bonds is 4. The van der Waals surface area contributed by atoms with Crippen molar-refractivity contribution < 1.29 is 9.53 Å². The van der Waals surface area contributed by atoms with Crippen LogP contribution in [-0.4, -0.2) is 25.2 Å². The minimum absolute atomic E-state index is 0.0156. The lowest BCUT2D eigenvalue weighted by molar-refractivity contribution is -0.129. The molecule has 4 heteroatoms. The molecule has 0 heterocycles. The highest BCUT2D eigenvalue weighted by molar-refractivity contribution is 5.91. The van der Waals surface area contributed by atoms with Crippen LogP contribution in [0.3, 0.4) is 0 Å². The van der Waals surface area contributed by atoms with E-state index in [1.165, 1.54) is 0 Å². The van der Waals surface area contributed by atoms with Gasteiger partial charge in [0.15, 0.2) is 0 Å². The van der Waals surface area contributed by atoms with Gasteiger partial charge in [-0.3, -0.25) is 4.79 Å². The van der Waals surface area contributed by atoms with Crippen LogP contribution in [0.4, 0.5) is 5.69 Å². The van der Waals surface area contributed by atoms with E-state index < -0.39 is 0 Å². The normalized spacial score (nSPS) is 15.6. The van der Waals surface area contributed by atoms with Crippen LogP contribution in [0.2, 0.25) is 0 Å². The highest BCUT2D eigenvalue weighted by Crippen LogP contribution is 2.38. The number of carbonyl (C=O) groups is 1. The first-order valence-corrected chi connectivity index (χ1v) is 7.23. The van der Waals surface area contributed by atoms with Crippen molar-refractivity contribution in [3.63, 3.8) is 0 Å². The summed E-state index contributed by atoms with van der Waals surface area (Å²) < 4.78 is 5.48. The Balaban J connectivity index is 2.04. The number of ether oxygens (including phenoxy) is 1. The number of hydrogen-bond donors (Lipinski definition) is 2. The van der Waals surface area contributed by atoms with Gasteiger partial charge in [-0.25, -0.2) is 0 Å². The van der Waals surface area contributed by atoms with E-state index in [9.17, 15) is 4.79 Å². The second kappa shape index (κ2) is 6.75. The van der Waals surface area contributed by atoms with Gasteiger partial charge in [0.2, 0.25) is 5.91 Å². The maximum Gasteiger partial charge on any atom is 0.227 e. The number of nitrogens with one attached hydrogen (secondary N) is 1. The van der Waals surface area contributed by atoms with Crippen LogP contribution < -0.4 is 11.1 Å². The van der Waals surface area contributed by atoms with Crippen molar-refractivity contribution in [3.05, 3.63) is 29.3 Å². The molecule has 1 aromatic carbocycles. The van der Waals surface area contributed by atoms with Crippen molar-refractivity contribution in [1.29, 1.82) is 0 Å². The molecular formula is C17H22N2O2. The molecule has 1 saturated carbocycles. The van der Waals surface area contributed by atoms with Crippen LogP contribution in [0.5, 0.6) is 0 Å². The Hall–Kier alpha value is -1.83. The van der Waals surface area contributed by atoms with Crippen molar-refractivity contribution >= 4 is 11.6 Å². The van der Waals surface area contributed by atoms with Crippen LogP contribution in [0.25, 0.3) is 0 Å². The van der Waals surface area contributed by atoms with Gasteiger partial charge in [0.25, 0.3) is 0 Å². The van der Waals surface area contributed by atoms with E-state index in [0.29, 0.717) is 13.0 Å². The molecule has 0 unspecified atom stereocenters. The van der Waals surface area contributed by atoms with Gasteiger partial charge in [-0.15, -0.1) is 0 Å². The molecule has 1 amide bonds. The summed E-state index contributed by atoms with van der Waals surface area (Å²) >= 11 is 0. The average molecular weight is 286 g/mol. The van der Waals surface area contributed by atoms with Crippen LogP contribution in [-0.2, 0) is 9.53 Å². The van der Waals surface area contributed by atoms with Crippen molar-refractivity contribution in [1.82, 2.24) is 0 Å². The van der Waals surface area contributed by atoms with E-state index in [0.717, 1.165) is 36.1 Å². The lowest BCUT2D eigenvalue weighted by Gasteiger charge is -2.39. The monoisotopic (exact) mass is 286 g/mol. The van der Waals surface area contributed by atoms with E-state index >= 15 is 0 Å². The Morgan fingerprint density at radius 1 is 1.48 bits per heavy atom. The number of aryl methyl sites for hydroxylation is 1. The Morgan fingerprint density at radius 3 is 2.81 bits per heavy atom. The van der Waals surface area contributed by atoms with Crippen LogP contribution in [0, 0.1) is 18.8 Å². The molecule has 2 rings (SSSR count). The largest absolute Gasteiger partial charge is 0.378 e. The zero-order valence-corrected chi connectivity index (χ0v) is 12.7. The maximum atomic E-state index is 12.1. The van der Waals surface area contributed by atoms with Gasteiger partial charge in [0.05, 0.1) is 18.6 Å². The van der Waals surface area contributed by atoms with Gasteiger partial charge in [0.1, 0.15) is 0 Å². The summed E-state index contributed by atoms with van der Waals surface area (Å²) in [6, 6.07) is 5.73. The molecular weight excluding hydrogens is 264 g/mol. The molecule has 0 bridgehead atoms. The van der Waals surface area contributed by atoms with Crippen LogP contribution >= 0.6 is 0 Å². The minimum atomic E-state index is -0.253. The fourth-order valence-corrected chi connectivity index (χ4v) is 2.50. The van der Waals surface area contributed by atoms with E-state index in [4.69, 9.17) is 10.5 Å². The first kappa shape index (κ1) is 15.6. The molecule has 1 fully saturated rings. The molecule has 0 aromatic heterocycles. The molecule has 1 aliphatic carbocycles. The molecule has 0 spiro atoms. The van der Waals surface area contributed by atoms with Gasteiger partial charge >= 0.3 is 0 Å². The Kier molecular flexibility index (Phi) is 5.00. The molecule has 0 saturated heterocycles. The summed E-state index contributed by atoms with van der Waals surface area (Å²) in [4.78, 5) is 12.1. The number of amides is 1. The Labute approximate surface area is 126 Å². The van der Waals surface area contributed by atoms with Crippen LogP contribution in [0.1, 0.15) is 36.8 Å². The second-order valence-corrected chi connectivity index (χ2v) is 5.50. The average Bonchev–Trinajstić information content (AvgIpc) is 2.43. The van der Waals surface area contributed by atoms with Crippen LogP contribution in [0.15, 0.2) is 18.2 Å². The quantitative estimate of drug-likeness (QED) is 0.834. The molecule has 0 aliphatic heterocycles. The predicted molar refractivity (Wildman–Crippen MR) is 83.9 cm³/mol. The summed E-state index contributed by atoms with van der Waals surface area (Å²) in [7, 11) is 1.68. The third kappa shape index (κ3) is 3.84. The van der Waals surface area contributed by atoms with E-state index in [1.54, 1.807) is 7.11 Å². The number of methoxy groups -OCH3 is 1. The molecule has 1 aromatic rings. The van der Waals surface area contributed by atoms with E-state index in [1.807, 2.05) is 25.1 Å². The molecule has 3 N–H and O–H groups in total. The van der Waals surface area contributed by atoms with Gasteiger partial charge in [0, 0.05) is 18.4 Å². The molecule has 0 radical (unpaired) electrons. The number of carbonyl (C=O) groups excluding carboxylic acids is 1. The summed E-state index contributed by atoms with van der Waals surface area (Å²) in [5, 5.41) is 2.93. The Bertz CT molecular complexity index is 575. The first-order chi connectivity index (χ1) is 10.1. The van der Waals surface area contributed by atoms with Gasteiger partial charge in [-0.2, -0.15) is 0 Å². The molecule has 4 nitrogen and oxygen atoms in total. The lowest BCUT2D eigenvalue weighted by Crippen LogP contribution is -2.42. The third-order valence-corrected chi connectivity index (χ3v) is 4.03. The Morgan fingerprint density at radius 2 is 2.24 bits per heavy atom. The summed E-state index contributed by atoms with van der Waals surface area (Å²) in [5.74, 6) is 5.84. The minimum Gasteiger partial charge on any atom is -0.378 e. The smallest absolute Gasteiger partial charge is 0.227 e. The SMILES string of the molecule is COC1(CC(=O)Nc2ccc(C)c(C#CCN)c2)CCC1. The number of anilines is 1. The lowest BCUT2D eigenvalue weighted by atomic mass is 9.77. The number of benzene rings is 1. The first-order valence-electron chi connectivity index (χ1n) is 7.23. The van der Waals surface area contributed by atoms with Crippen molar-refractivity contribution in [3.8, 4) is 11.8 Å². The molecule has 0 atom stereocenters. The third-order valence-electron chi connectivity index (χ3n) is 4.03. The number of hydrogen-bond acceptors (Lipinski definition) is 3. The predicted octanol–water partition coefficient (Wildman–Crippen LogP) is 2.20. The summed E-state index contributed by atoms with van der Waals surface area (Å²) in [6.45, 7) is 2.31. The van der Waals surface area contributed by atoms with Crippen molar-refractivity contribution in [2.24, 2.45) is 5.73 Å². The van der Waals surface area contributed by atoms with Gasteiger partial charge in [-0.1, -0.05) is 17.9 Å². The zero-order chi connectivity index (χ0) is 15.3. The standard InChI is InChI=1S/C17H22N2O2/c1-13-6-7-15(11-14(13)5-3-10-18)19-16(20)12-17(21-2)8-4-9-17/h6-7,11H,4,8-10,12,18H2,1-2H3,(H,19,20). The topological polar surface area (TPSA) is 64.3 Å². The second-order valence-electron chi connectivity index (χ2n) is 5.50. The zero-order valence-electron chi connectivity index (χ0n) is 12.7. The number of nitrogens with two attached hydrogens (primary N) is 1. The summed E-state index contributed by atoms with van der Waals surface area (Å²) in [5.41, 5.74) is 7.87. The highest BCUT2D eigenvalue weighted by Gasteiger charge is 2.38. The van der Waals surface area contributed by atoms with Gasteiger partial charge in [-0.05, 0) is 43.9 Å². The van der Waals surface area contributed by atoms with E-state index in [-0.39, 0.29) is 11.5 Å².